The second-order valence-electron chi connectivity index (χ2n) is 7.02. The van der Waals surface area contributed by atoms with Crippen molar-refractivity contribution in [3.63, 3.8) is 0 Å². The molecular weight excluding hydrogens is 498 g/mol. The summed E-state index contributed by atoms with van der Waals surface area (Å²) in [4.78, 5) is 0. The van der Waals surface area contributed by atoms with Gasteiger partial charge in [0.15, 0.2) is 0 Å². The molecule has 0 radical (unpaired) electrons. The molecular formula is C26H22N2Se2. The van der Waals surface area contributed by atoms with E-state index in [-0.39, 0.29) is 0 Å². The van der Waals surface area contributed by atoms with Crippen molar-refractivity contribution in [1.29, 1.82) is 0 Å². The Morgan fingerprint density at radius 1 is 0.400 bits per heavy atom. The second kappa shape index (κ2) is 10.0. The van der Waals surface area contributed by atoms with E-state index in [2.05, 4.69) is 96.9 Å². The molecule has 148 valence electrons. The molecule has 0 amide bonds. The van der Waals surface area contributed by atoms with E-state index >= 15 is 0 Å². The molecule has 0 heterocycles. The van der Waals surface area contributed by atoms with Crippen LogP contribution in [0.5, 0.6) is 0 Å². The van der Waals surface area contributed by atoms with E-state index in [0.717, 1.165) is 11.4 Å². The van der Waals surface area contributed by atoms with Crippen molar-refractivity contribution in [1.82, 2.24) is 0 Å². The summed E-state index contributed by atoms with van der Waals surface area (Å²) in [6.45, 7) is 4.24. The van der Waals surface area contributed by atoms with Gasteiger partial charge in [0.25, 0.3) is 0 Å². The van der Waals surface area contributed by atoms with E-state index in [4.69, 9.17) is 0 Å². The molecule has 0 unspecified atom stereocenters. The number of hydrogen-bond donors (Lipinski definition) is 0. The van der Waals surface area contributed by atoms with Crippen molar-refractivity contribution in [2.24, 2.45) is 10.2 Å². The maximum absolute atomic E-state index is 4.40. The molecule has 0 aliphatic carbocycles. The van der Waals surface area contributed by atoms with Crippen molar-refractivity contribution >= 4 is 59.1 Å². The van der Waals surface area contributed by atoms with Crippen molar-refractivity contribution in [3.8, 4) is 0 Å². The van der Waals surface area contributed by atoms with Gasteiger partial charge in [0.1, 0.15) is 0 Å². The van der Waals surface area contributed by atoms with E-state index in [1.807, 2.05) is 24.3 Å². The third kappa shape index (κ3) is 6.01. The number of hydrogen-bond acceptors (Lipinski definition) is 2. The van der Waals surface area contributed by atoms with Crippen molar-refractivity contribution in [3.05, 3.63) is 108 Å². The zero-order chi connectivity index (χ0) is 20.8. The summed E-state index contributed by atoms with van der Waals surface area (Å²) in [5.74, 6) is 0. The van der Waals surface area contributed by atoms with Gasteiger partial charge in [-0.15, -0.1) is 0 Å². The van der Waals surface area contributed by atoms with Gasteiger partial charge in [-0.25, -0.2) is 0 Å². The van der Waals surface area contributed by atoms with Gasteiger partial charge in [0.05, 0.1) is 0 Å². The van der Waals surface area contributed by atoms with Crippen LogP contribution in [0.2, 0.25) is 0 Å². The Morgan fingerprint density at radius 2 is 0.667 bits per heavy atom. The summed E-state index contributed by atoms with van der Waals surface area (Å²) in [5, 5.41) is 8.79. The molecule has 0 atom stereocenters. The van der Waals surface area contributed by atoms with Crippen LogP contribution in [0.15, 0.2) is 107 Å². The summed E-state index contributed by atoms with van der Waals surface area (Å²) in [6, 6.07) is 34.4. The van der Waals surface area contributed by atoms with Gasteiger partial charge in [0, 0.05) is 0 Å². The van der Waals surface area contributed by atoms with Gasteiger partial charge >= 0.3 is 191 Å². The first-order valence-corrected chi connectivity index (χ1v) is 13.2. The zero-order valence-corrected chi connectivity index (χ0v) is 20.4. The monoisotopic (exact) mass is 522 g/mol. The van der Waals surface area contributed by atoms with Crippen molar-refractivity contribution in [2.75, 3.05) is 0 Å². The molecule has 0 aliphatic heterocycles. The Bertz CT molecular complexity index is 1020. The van der Waals surface area contributed by atoms with Gasteiger partial charge in [-0.1, -0.05) is 0 Å². The molecule has 0 N–H and O–H groups in total. The predicted molar refractivity (Wildman–Crippen MR) is 129 cm³/mol. The molecule has 0 saturated carbocycles. The molecule has 0 aliphatic rings. The third-order valence-corrected chi connectivity index (χ3v) is 8.73. The molecule has 0 saturated heterocycles. The van der Waals surface area contributed by atoms with Crippen LogP contribution in [0.4, 0.5) is 11.4 Å². The van der Waals surface area contributed by atoms with Crippen LogP contribution in [-0.4, -0.2) is 29.9 Å². The molecule has 4 rings (SSSR count). The first-order valence-electron chi connectivity index (χ1n) is 9.75. The molecule has 4 heteroatoms. The fourth-order valence-electron chi connectivity index (χ4n) is 2.76. The molecule has 4 aromatic carbocycles. The Kier molecular flexibility index (Phi) is 6.94. The molecule has 0 aromatic heterocycles. The normalized spacial score (nSPS) is 11.1. The second-order valence-corrected chi connectivity index (χ2v) is 11.8. The first kappa shape index (κ1) is 20.8. The summed E-state index contributed by atoms with van der Waals surface area (Å²) in [6.07, 6.45) is 0. The minimum absolute atomic E-state index is 0.318. The average molecular weight is 520 g/mol. The number of azo groups is 1. The van der Waals surface area contributed by atoms with Crippen LogP contribution in [0.3, 0.4) is 0 Å². The van der Waals surface area contributed by atoms with E-state index in [1.54, 1.807) is 0 Å². The molecule has 30 heavy (non-hydrogen) atoms. The van der Waals surface area contributed by atoms with Gasteiger partial charge in [-0.2, -0.15) is 0 Å². The van der Waals surface area contributed by atoms with E-state index in [0.29, 0.717) is 29.9 Å². The molecule has 4 aromatic rings. The molecule has 0 spiro atoms. The van der Waals surface area contributed by atoms with Crippen LogP contribution in [0.1, 0.15) is 11.1 Å². The Morgan fingerprint density at radius 3 is 0.967 bits per heavy atom. The number of aryl methyl sites for hydroxylation is 2. The summed E-state index contributed by atoms with van der Waals surface area (Å²) < 4.78 is 5.45. The van der Waals surface area contributed by atoms with E-state index < -0.39 is 0 Å². The average Bonchev–Trinajstić information content (AvgIpc) is 2.77. The Hall–Kier alpha value is -2.48. The van der Waals surface area contributed by atoms with Crippen molar-refractivity contribution < 1.29 is 0 Å². The molecule has 0 bridgehead atoms. The summed E-state index contributed by atoms with van der Waals surface area (Å²) in [7, 11) is 0. The van der Waals surface area contributed by atoms with Gasteiger partial charge in [0.2, 0.25) is 0 Å². The van der Waals surface area contributed by atoms with Gasteiger partial charge in [-0.05, 0) is 0 Å². The SMILES string of the molecule is Cc1ccc([Se]c2ccc(N=Nc3ccc([Se]c4ccc(C)cc4)cc3)cc2)cc1. The van der Waals surface area contributed by atoms with Gasteiger partial charge < -0.3 is 0 Å². The predicted octanol–water partition coefficient (Wildman–Crippen LogP) is 4.03. The van der Waals surface area contributed by atoms with Crippen LogP contribution in [0.25, 0.3) is 0 Å². The van der Waals surface area contributed by atoms with Crippen LogP contribution < -0.4 is 17.8 Å². The molecule has 0 fully saturated rings. The van der Waals surface area contributed by atoms with Crippen LogP contribution >= 0.6 is 0 Å². The summed E-state index contributed by atoms with van der Waals surface area (Å²) in [5.41, 5.74) is 4.36. The van der Waals surface area contributed by atoms with Gasteiger partial charge in [-0.3, -0.25) is 0 Å². The Balaban J connectivity index is 1.36. The number of benzene rings is 4. The first-order chi connectivity index (χ1) is 14.6. The van der Waals surface area contributed by atoms with Crippen molar-refractivity contribution in [2.45, 2.75) is 13.8 Å². The fraction of sp³-hybridized carbons (Fsp3) is 0.0769. The number of nitrogens with zero attached hydrogens (tertiary/aromatic N) is 2. The molecule has 2 nitrogen and oxygen atoms in total. The fourth-order valence-corrected chi connectivity index (χ4v) is 6.19. The topological polar surface area (TPSA) is 24.7 Å². The standard InChI is InChI=1S/C26H22N2Se2/c1-19-3-11-23(12-4-19)29-25-15-7-21(8-16-25)27-28-22-9-17-26(18-10-22)30-24-13-5-20(2)6-14-24/h3-18H,1-2H3. The van der Waals surface area contributed by atoms with Crippen LogP contribution in [0, 0.1) is 13.8 Å². The number of rotatable bonds is 6. The van der Waals surface area contributed by atoms with E-state index in [1.165, 1.54) is 29.0 Å². The quantitative estimate of drug-likeness (QED) is 0.271. The summed E-state index contributed by atoms with van der Waals surface area (Å²) >= 11 is 0.636. The van der Waals surface area contributed by atoms with E-state index in [9.17, 15) is 0 Å². The maximum atomic E-state index is 4.40. The zero-order valence-electron chi connectivity index (χ0n) is 16.9. The Labute approximate surface area is 190 Å². The van der Waals surface area contributed by atoms with Crippen LogP contribution in [-0.2, 0) is 0 Å². The third-order valence-electron chi connectivity index (χ3n) is 4.47. The minimum atomic E-state index is 0.318.